The van der Waals surface area contributed by atoms with Gasteiger partial charge in [0.2, 0.25) is 0 Å². The first-order valence-electron chi connectivity index (χ1n) is 5.26. The van der Waals surface area contributed by atoms with Crippen molar-refractivity contribution in [3.05, 3.63) is 35.4 Å². The highest BCUT2D eigenvalue weighted by Gasteiger charge is 2.04. The molecule has 0 saturated heterocycles. The second-order valence-electron chi connectivity index (χ2n) is 4.93. The van der Waals surface area contributed by atoms with Crippen molar-refractivity contribution < 1.29 is 4.74 Å². The first-order valence-corrected chi connectivity index (χ1v) is 5.26. The Kier molecular flexibility index (Phi) is 3.57. The second kappa shape index (κ2) is 4.52. The molecule has 0 aliphatic carbocycles. The molecule has 1 heteroatoms. The highest BCUT2D eigenvalue weighted by molar-refractivity contribution is 5.54. The highest BCUT2D eigenvalue weighted by atomic mass is 16.5. The van der Waals surface area contributed by atoms with Crippen LogP contribution in [0.4, 0.5) is 0 Å². The molecule has 0 bridgehead atoms. The van der Waals surface area contributed by atoms with E-state index in [2.05, 4.69) is 58.0 Å². The average Bonchev–Trinajstić information content (AvgIpc) is 2.15. The van der Waals surface area contributed by atoms with Crippen LogP contribution in [0, 0.1) is 12.3 Å². The maximum atomic E-state index is 5.28. The number of ether oxygens (including phenoxy) is 1. The topological polar surface area (TPSA) is 9.23 Å². The molecule has 0 unspecified atom stereocenters. The second-order valence-corrected chi connectivity index (χ2v) is 4.93. The molecule has 0 saturated carbocycles. The summed E-state index contributed by atoms with van der Waals surface area (Å²) in [6.07, 6.45) is 4.35. The third-order valence-electron chi connectivity index (χ3n) is 2.21. The first-order chi connectivity index (χ1) is 6.92. The van der Waals surface area contributed by atoms with Gasteiger partial charge in [0.1, 0.15) is 5.75 Å². The summed E-state index contributed by atoms with van der Waals surface area (Å²) in [5, 5.41) is 0. The zero-order chi connectivity index (χ0) is 11.5. The van der Waals surface area contributed by atoms with Crippen molar-refractivity contribution >= 4 is 6.08 Å². The minimum Gasteiger partial charge on any atom is -0.496 e. The molecule has 0 radical (unpaired) electrons. The van der Waals surface area contributed by atoms with Gasteiger partial charge in [0.25, 0.3) is 0 Å². The average molecular weight is 204 g/mol. The fourth-order valence-electron chi connectivity index (χ4n) is 1.29. The van der Waals surface area contributed by atoms with Crippen molar-refractivity contribution in [2.45, 2.75) is 27.7 Å². The monoisotopic (exact) mass is 204 g/mol. The fraction of sp³-hybridized carbons (Fsp3) is 0.429. The van der Waals surface area contributed by atoms with E-state index in [1.54, 1.807) is 7.11 Å². The van der Waals surface area contributed by atoms with Crippen LogP contribution in [0.15, 0.2) is 24.3 Å². The van der Waals surface area contributed by atoms with E-state index in [0.29, 0.717) is 0 Å². The minimum absolute atomic E-state index is 0.220. The summed E-state index contributed by atoms with van der Waals surface area (Å²) in [7, 11) is 1.71. The minimum atomic E-state index is 0.220. The Morgan fingerprint density at radius 1 is 1.20 bits per heavy atom. The van der Waals surface area contributed by atoms with Gasteiger partial charge in [-0.15, -0.1) is 0 Å². The van der Waals surface area contributed by atoms with Crippen LogP contribution < -0.4 is 4.74 Å². The lowest BCUT2D eigenvalue weighted by molar-refractivity contribution is 0.411. The zero-order valence-corrected chi connectivity index (χ0v) is 10.3. The Hall–Kier alpha value is -1.24. The van der Waals surface area contributed by atoms with Gasteiger partial charge in [-0.25, -0.2) is 0 Å². The smallest absolute Gasteiger partial charge is 0.122 e. The standard InChI is InChI=1S/C14H20O/c1-11-6-7-12(10-13(11)15-5)8-9-14(2,3)4/h6-10H,1-5H3/b9-8+. The number of hydrogen-bond donors (Lipinski definition) is 0. The van der Waals surface area contributed by atoms with Gasteiger partial charge in [-0.2, -0.15) is 0 Å². The fourth-order valence-corrected chi connectivity index (χ4v) is 1.29. The van der Waals surface area contributed by atoms with Crippen molar-refractivity contribution in [1.82, 2.24) is 0 Å². The summed E-state index contributed by atoms with van der Waals surface area (Å²) in [6, 6.07) is 6.26. The van der Waals surface area contributed by atoms with E-state index in [1.807, 2.05) is 0 Å². The molecule has 0 amide bonds. The maximum absolute atomic E-state index is 5.28. The quantitative estimate of drug-likeness (QED) is 0.705. The van der Waals surface area contributed by atoms with Crippen molar-refractivity contribution in [1.29, 1.82) is 0 Å². The molecular formula is C14H20O. The molecule has 1 nitrogen and oxygen atoms in total. The molecule has 1 aromatic carbocycles. The predicted molar refractivity (Wildman–Crippen MR) is 66.2 cm³/mol. The van der Waals surface area contributed by atoms with E-state index in [0.717, 1.165) is 5.75 Å². The third-order valence-corrected chi connectivity index (χ3v) is 2.21. The van der Waals surface area contributed by atoms with Crippen LogP contribution in [0.1, 0.15) is 31.9 Å². The molecule has 15 heavy (non-hydrogen) atoms. The molecule has 0 heterocycles. The molecule has 0 spiro atoms. The lowest BCUT2D eigenvalue weighted by Gasteiger charge is -2.11. The summed E-state index contributed by atoms with van der Waals surface area (Å²) in [6.45, 7) is 8.62. The number of aryl methyl sites for hydroxylation is 1. The van der Waals surface area contributed by atoms with Crippen LogP contribution in [-0.2, 0) is 0 Å². The Morgan fingerprint density at radius 2 is 1.87 bits per heavy atom. The molecule has 1 aromatic rings. The van der Waals surface area contributed by atoms with Crippen LogP contribution in [0.5, 0.6) is 5.75 Å². The van der Waals surface area contributed by atoms with E-state index in [-0.39, 0.29) is 5.41 Å². The summed E-state index contributed by atoms with van der Waals surface area (Å²) >= 11 is 0. The van der Waals surface area contributed by atoms with Crippen molar-refractivity contribution in [2.24, 2.45) is 5.41 Å². The summed E-state index contributed by atoms with van der Waals surface area (Å²) in [4.78, 5) is 0. The first kappa shape index (κ1) is 11.8. The van der Waals surface area contributed by atoms with Crippen LogP contribution in [0.25, 0.3) is 6.08 Å². The lowest BCUT2D eigenvalue weighted by Crippen LogP contribution is -1.98. The number of methoxy groups -OCH3 is 1. The lowest BCUT2D eigenvalue weighted by atomic mass is 9.95. The van der Waals surface area contributed by atoms with E-state index in [1.165, 1.54) is 11.1 Å². The van der Waals surface area contributed by atoms with E-state index in [9.17, 15) is 0 Å². The van der Waals surface area contributed by atoms with Gasteiger partial charge in [0.05, 0.1) is 7.11 Å². The molecule has 0 aromatic heterocycles. The SMILES string of the molecule is COc1cc(/C=C/C(C)(C)C)ccc1C. The number of rotatable bonds is 2. The van der Waals surface area contributed by atoms with Crippen molar-refractivity contribution in [3.8, 4) is 5.75 Å². The molecule has 0 aliphatic rings. The van der Waals surface area contributed by atoms with E-state index in [4.69, 9.17) is 4.74 Å². The van der Waals surface area contributed by atoms with E-state index < -0.39 is 0 Å². The molecule has 0 fully saturated rings. The normalized spacial score (nSPS) is 12.1. The number of hydrogen-bond acceptors (Lipinski definition) is 1. The van der Waals surface area contributed by atoms with Crippen LogP contribution >= 0.6 is 0 Å². The van der Waals surface area contributed by atoms with Crippen molar-refractivity contribution in [3.63, 3.8) is 0 Å². The van der Waals surface area contributed by atoms with Gasteiger partial charge < -0.3 is 4.74 Å². The van der Waals surface area contributed by atoms with Gasteiger partial charge in [-0.3, -0.25) is 0 Å². The predicted octanol–water partition coefficient (Wildman–Crippen LogP) is 4.06. The zero-order valence-electron chi connectivity index (χ0n) is 10.3. The third kappa shape index (κ3) is 3.78. The maximum Gasteiger partial charge on any atom is 0.122 e. The number of allylic oxidation sites excluding steroid dienone is 1. The molecule has 82 valence electrons. The summed E-state index contributed by atoms with van der Waals surface area (Å²) in [5.41, 5.74) is 2.58. The Labute approximate surface area is 92.8 Å². The largest absolute Gasteiger partial charge is 0.496 e. The Balaban J connectivity index is 2.93. The summed E-state index contributed by atoms with van der Waals surface area (Å²) < 4.78 is 5.28. The molecule has 0 atom stereocenters. The van der Waals surface area contributed by atoms with Gasteiger partial charge in [0.15, 0.2) is 0 Å². The van der Waals surface area contributed by atoms with Crippen molar-refractivity contribution in [2.75, 3.05) is 7.11 Å². The van der Waals surface area contributed by atoms with Gasteiger partial charge in [0, 0.05) is 0 Å². The van der Waals surface area contributed by atoms with Gasteiger partial charge in [-0.05, 0) is 29.5 Å². The molecule has 0 N–H and O–H groups in total. The van der Waals surface area contributed by atoms with E-state index >= 15 is 0 Å². The van der Waals surface area contributed by atoms with Crippen LogP contribution in [0.2, 0.25) is 0 Å². The van der Waals surface area contributed by atoms with Crippen LogP contribution in [0.3, 0.4) is 0 Å². The number of benzene rings is 1. The molecule has 0 aliphatic heterocycles. The molecular weight excluding hydrogens is 184 g/mol. The molecule has 1 rings (SSSR count). The van der Waals surface area contributed by atoms with Gasteiger partial charge in [-0.1, -0.05) is 45.1 Å². The van der Waals surface area contributed by atoms with Gasteiger partial charge >= 0.3 is 0 Å². The Bertz CT molecular complexity index is 356. The highest BCUT2D eigenvalue weighted by Crippen LogP contribution is 2.22. The Morgan fingerprint density at radius 3 is 2.40 bits per heavy atom. The summed E-state index contributed by atoms with van der Waals surface area (Å²) in [5.74, 6) is 0.950. The van der Waals surface area contributed by atoms with Crippen LogP contribution in [-0.4, -0.2) is 7.11 Å².